The number of hydrogen-bond acceptors (Lipinski definition) is 3. The van der Waals surface area contributed by atoms with E-state index < -0.39 is 0 Å². The Morgan fingerprint density at radius 2 is 1.25 bits per heavy atom. The third-order valence-electron chi connectivity index (χ3n) is 1.69. The molecule has 0 unspecified atom stereocenters. The minimum absolute atomic E-state index is 0. The van der Waals surface area contributed by atoms with E-state index in [0.717, 1.165) is 6.54 Å². The summed E-state index contributed by atoms with van der Waals surface area (Å²) in [7, 11) is 0. The van der Waals surface area contributed by atoms with Gasteiger partial charge in [0, 0.05) is 12.1 Å². The Hall–Kier alpha value is -0.160. The average molecular weight is 179 g/mol. The van der Waals surface area contributed by atoms with Gasteiger partial charge in [0.1, 0.15) is 0 Å². The molecule has 0 aliphatic carbocycles. The molecular formula is C8H25N3O. The van der Waals surface area contributed by atoms with E-state index in [1.165, 1.54) is 0 Å². The minimum Gasteiger partial charge on any atom is -0.412 e. The topological polar surface area (TPSA) is 86.8 Å². The molecule has 0 aromatic rings. The number of hydrazine groups is 1. The lowest BCUT2D eigenvalue weighted by atomic mass is 10.2. The summed E-state index contributed by atoms with van der Waals surface area (Å²) in [5.74, 6) is 8.00. The number of hydrogen-bond donors (Lipinski definition) is 2. The monoisotopic (exact) mass is 179 g/mol. The molecule has 6 N–H and O–H groups in total. The van der Waals surface area contributed by atoms with Gasteiger partial charge in [-0.1, -0.05) is 6.92 Å². The lowest BCUT2D eigenvalue weighted by Crippen LogP contribution is -2.36. The molecule has 0 amide bonds. The predicted octanol–water partition coefficient (Wildman–Crippen LogP) is 0.119. The highest BCUT2D eigenvalue weighted by molar-refractivity contribution is 4.64. The molecule has 0 aliphatic heterocycles. The van der Waals surface area contributed by atoms with Crippen LogP contribution in [-0.4, -0.2) is 29.0 Å². The molecule has 0 aromatic heterocycles. The molecule has 0 aromatic carbocycles. The van der Waals surface area contributed by atoms with Crippen molar-refractivity contribution in [3.63, 3.8) is 0 Å². The Bertz CT molecular complexity index is 68.7. The molecule has 0 saturated heterocycles. The summed E-state index contributed by atoms with van der Waals surface area (Å²) in [6.45, 7) is 12.3. The SMILES string of the molecule is CCN(C(C)C)C(C)C.NN.O. The molecular weight excluding hydrogens is 154 g/mol. The first-order valence-corrected chi connectivity index (χ1v) is 4.18. The highest BCUT2D eigenvalue weighted by Crippen LogP contribution is 2.02. The molecule has 4 heteroatoms. The van der Waals surface area contributed by atoms with Crippen molar-refractivity contribution in [3.8, 4) is 0 Å². The van der Waals surface area contributed by atoms with Crippen LogP contribution in [0.5, 0.6) is 0 Å². The van der Waals surface area contributed by atoms with Crippen LogP contribution >= 0.6 is 0 Å². The highest BCUT2D eigenvalue weighted by Gasteiger charge is 2.08. The summed E-state index contributed by atoms with van der Waals surface area (Å²) < 4.78 is 0. The third-order valence-corrected chi connectivity index (χ3v) is 1.69. The largest absolute Gasteiger partial charge is 0.412 e. The fourth-order valence-electron chi connectivity index (χ4n) is 1.33. The van der Waals surface area contributed by atoms with Gasteiger partial charge in [0.15, 0.2) is 0 Å². The molecule has 0 atom stereocenters. The van der Waals surface area contributed by atoms with Crippen molar-refractivity contribution in [3.05, 3.63) is 0 Å². The van der Waals surface area contributed by atoms with Gasteiger partial charge in [-0.05, 0) is 34.2 Å². The van der Waals surface area contributed by atoms with Crippen molar-refractivity contribution in [2.45, 2.75) is 46.7 Å². The Balaban J connectivity index is -0.000000249. The zero-order valence-corrected chi connectivity index (χ0v) is 8.96. The van der Waals surface area contributed by atoms with Crippen molar-refractivity contribution in [2.75, 3.05) is 6.54 Å². The molecule has 0 heterocycles. The summed E-state index contributed by atoms with van der Waals surface area (Å²) in [6.07, 6.45) is 0. The van der Waals surface area contributed by atoms with Crippen molar-refractivity contribution in [2.24, 2.45) is 11.7 Å². The van der Waals surface area contributed by atoms with E-state index in [9.17, 15) is 0 Å². The summed E-state index contributed by atoms with van der Waals surface area (Å²) in [5.41, 5.74) is 0. The van der Waals surface area contributed by atoms with Crippen molar-refractivity contribution in [1.29, 1.82) is 0 Å². The molecule has 0 radical (unpaired) electrons. The van der Waals surface area contributed by atoms with Gasteiger partial charge >= 0.3 is 0 Å². The van der Waals surface area contributed by atoms with Crippen LogP contribution in [0.2, 0.25) is 0 Å². The maximum Gasteiger partial charge on any atom is 0.00411 e. The quantitative estimate of drug-likeness (QED) is 0.476. The second-order valence-corrected chi connectivity index (χ2v) is 3.02. The standard InChI is InChI=1S/C8H19N.H4N2.H2O/c1-6-9(7(2)3)8(4)5;1-2;/h7-8H,6H2,1-5H3;1-2H2;1H2. The van der Waals surface area contributed by atoms with Crippen LogP contribution in [0.1, 0.15) is 34.6 Å². The smallest absolute Gasteiger partial charge is 0.00411 e. The molecule has 0 bridgehead atoms. The normalized spacial score (nSPS) is 9.50. The van der Waals surface area contributed by atoms with Gasteiger partial charge < -0.3 is 5.48 Å². The fraction of sp³-hybridized carbons (Fsp3) is 1.00. The Kier molecular flexibility index (Phi) is 16.1. The summed E-state index contributed by atoms with van der Waals surface area (Å²) in [6, 6.07) is 1.38. The van der Waals surface area contributed by atoms with Crippen molar-refractivity contribution in [1.82, 2.24) is 4.90 Å². The summed E-state index contributed by atoms with van der Waals surface area (Å²) in [5, 5.41) is 0. The van der Waals surface area contributed by atoms with Crippen LogP contribution in [0.3, 0.4) is 0 Å². The number of rotatable bonds is 3. The van der Waals surface area contributed by atoms with Gasteiger partial charge in [-0.2, -0.15) is 0 Å². The van der Waals surface area contributed by atoms with Gasteiger partial charge in [0.2, 0.25) is 0 Å². The molecule has 0 spiro atoms. The van der Waals surface area contributed by atoms with Crippen LogP contribution in [0.4, 0.5) is 0 Å². The lowest BCUT2D eigenvalue weighted by molar-refractivity contribution is 0.185. The Morgan fingerprint density at radius 1 is 1.00 bits per heavy atom. The maximum atomic E-state index is 4.00. The van der Waals surface area contributed by atoms with Crippen LogP contribution < -0.4 is 11.7 Å². The molecule has 0 aliphatic rings. The van der Waals surface area contributed by atoms with Gasteiger partial charge in [-0.3, -0.25) is 16.6 Å². The van der Waals surface area contributed by atoms with E-state index in [0.29, 0.717) is 12.1 Å². The van der Waals surface area contributed by atoms with Crippen LogP contribution in [0.15, 0.2) is 0 Å². The molecule has 78 valence electrons. The van der Waals surface area contributed by atoms with E-state index in [4.69, 9.17) is 0 Å². The van der Waals surface area contributed by atoms with Gasteiger partial charge in [0.05, 0.1) is 0 Å². The van der Waals surface area contributed by atoms with Crippen LogP contribution in [0, 0.1) is 0 Å². The van der Waals surface area contributed by atoms with E-state index >= 15 is 0 Å². The second-order valence-electron chi connectivity index (χ2n) is 3.02. The number of nitrogens with zero attached hydrogens (tertiary/aromatic N) is 1. The predicted molar refractivity (Wildman–Crippen MR) is 54.6 cm³/mol. The van der Waals surface area contributed by atoms with E-state index in [2.05, 4.69) is 51.2 Å². The van der Waals surface area contributed by atoms with Crippen LogP contribution in [0.25, 0.3) is 0 Å². The lowest BCUT2D eigenvalue weighted by Gasteiger charge is -2.28. The van der Waals surface area contributed by atoms with E-state index in [1.807, 2.05) is 0 Å². The zero-order chi connectivity index (χ0) is 9.44. The number of nitrogens with two attached hydrogens (primary N) is 2. The average Bonchev–Trinajstić information content (AvgIpc) is 1.91. The second kappa shape index (κ2) is 10.8. The van der Waals surface area contributed by atoms with E-state index in [1.54, 1.807) is 0 Å². The van der Waals surface area contributed by atoms with E-state index in [-0.39, 0.29) is 5.48 Å². The molecule has 12 heavy (non-hydrogen) atoms. The first-order valence-electron chi connectivity index (χ1n) is 4.18. The van der Waals surface area contributed by atoms with Gasteiger partial charge in [-0.15, -0.1) is 0 Å². The molecule has 0 rings (SSSR count). The summed E-state index contributed by atoms with van der Waals surface area (Å²) in [4.78, 5) is 2.46. The first-order chi connectivity index (χ1) is 5.09. The molecule has 0 fully saturated rings. The highest BCUT2D eigenvalue weighted by atomic mass is 16.0. The van der Waals surface area contributed by atoms with Crippen molar-refractivity contribution < 1.29 is 5.48 Å². The Labute approximate surface area is 76.2 Å². The Morgan fingerprint density at radius 3 is 1.25 bits per heavy atom. The fourth-order valence-corrected chi connectivity index (χ4v) is 1.33. The van der Waals surface area contributed by atoms with Crippen molar-refractivity contribution >= 4 is 0 Å². The van der Waals surface area contributed by atoms with Gasteiger partial charge in [-0.25, -0.2) is 0 Å². The summed E-state index contributed by atoms with van der Waals surface area (Å²) >= 11 is 0. The molecule has 0 saturated carbocycles. The minimum atomic E-state index is 0. The zero-order valence-electron chi connectivity index (χ0n) is 8.96. The molecule has 4 nitrogen and oxygen atoms in total. The van der Waals surface area contributed by atoms with Crippen LogP contribution in [-0.2, 0) is 0 Å². The maximum absolute atomic E-state index is 4.00. The first kappa shape index (κ1) is 17.8. The third kappa shape index (κ3) is 7.94. The van der Waals surface area contributed by atoms with Gasteiger partial charge in [0.25, 0.3) is 0 Å².